The molecular weight excluding hydrogens is 261 g/mol. The average molecular weight is 276 g/mol. The molecule has 3 N–H and O–H groups in total. The number of alkyl halides is 3. The zero-order valence-electron chi connectivity index (χ0n) is 10.5. The van der Waals surface area contributed by atoms with Gasteiger partial charge in [0.15, 0.2) is 0 Å². The van der Waals surface area contributed by atoms with Gasteiger partial charge in [-0.2, -0.15) is 13.2 Å². The SMILES string of the molecule is CC(C)COC(=O)Nc1ccc(C(F)(F)F)cc1N. The van der Waals surface area contributed by atoms with E-state index < -0.39 is 17.8 Å². The maximum atomic E-state index is 12.4. The molecule has 0 spiro atoms. The van der Waals surface area contributed by atoms with Crippen LogP contribution in [0.3, 0.4) is 0 Å². The first kappa shape index (κ1) is 15.1. The van der Waals surface area contributed by atoms with E-state index in [-0.39, 0.29) is 23.9 Å². The molecule has 1 aromatic carbocycles. The molecule has 0 radical (unpaired) electrons. The molecule has 0 fully saturated rings. The van der Waals surface area contributed by atoms with Crippen LogP contribution in [0, 0.1) is 5.92 Å². The van der Waals surface area contributed by atoms with Crippen LogP contribution in [0.5, 0.6) is 0 Å². The molecule has 0 atom stereocenters. The third-order valence-electron chi connectivity index (χ3n) is 2.16. The summed E-state index contributed by atoms with van der Waals surface area (Å²) in [6.45, 7) is 3.94. The van der Waals surface area contributed by atoms with E-state index in [0.29, 0.717) is 0 Å². The molecule has 0 heterocycles. The Morgan fingerprint density at radius 1 is 1.42 bits per heavy atom. The summed E-state index contributed by atoms with van der Waals surface area (Å²) in [7, 11) is 0. The lowest BCUT2D eigenvalue weighted by atomic mass is 10.1. The van der Waals surface area contributed by atoms with Gasteiger partial charge in [-0.15, -0.1) is 0 Å². The van der Waals surface area contributed by atoms with Crippen molar-refractivity contribution in [2.24, 2.45) is 5.92 Å². The maximum Gasteiger partial charge on any atom is 0.416 e. The second-order valence-corrected chi connectivity index (χ2v) is 4.42. The van der Waals surface area contributed by atoms with Gasteiger partial charge in [0.05, 0.1) is 23.5 Å². The zero-order chi connectivity index (χ0) is 14.6. The zero-order valence-corrected chi connectivity index (χ0v) is 10.5. The Bertz CT molecular complexity index is 459. The molecule has 1 amide bonds. The minimum absolute atomic E-state index is 0.0850. The van der Waals surface area contributed by atoms with Gasteiger partial charge in [0, 0.05) is 0 Å². The molecule has 19 heavy (non-hydrogen) atoms. The number of carbonyl (C=O) groups is 1. The number of nitrogens with one attached hydrogen (secondary N) is 1. The van der Waals surface area contributed by atoms with E-state index in [1.165, 1.54) is 0 Å². The lowest BCUT2D eigenvalue weighted by Gasteiger charge is -2.12. The standard InChI is InChI=1S/C12H15F3N2O2/c1-7(2)6-19-11(18)17-10-4-3-8(5-9(10)16)12(13,14)15/h3-5,7H,6,16H2,1-2H3,(H,17,18). The summed E-state index contributed by atoms with van der Waals surface area (Å²) in [5.41, 5.74) is 4.50. The highest BCUT2D eigenvalue weighted by Crippen LogP contribution is 2.32. The van der Waals surface area contributed by atoms with Crippen LogP contribution >= 0.6 is 0 Å². The van der Waals surface area contributed by atoms with E-state index in [0.717, 1.165) is 18.2 Å². The number of benzene rings is 1. The fourth-order valence-electron chi connectivity index (χ4n) is 1.24. The van der Waals surface area contributed by atoms with E-state index in [9.17, 15) is 18.0 Å². The third kappa shape index (κ3) is 4.69. The van der Waals surface area contributed by atoms with Crippen molar-refractivity contribution in [2.45, 2.75) is 20.0 Å². The van der Waals surface area contributed by atoms with Gasteiger partial charge in [-0.05, 0) is 24.1 Å². The molecule has 106 valence electrons. The van der Waals surface area contributed by atoms with Gasteiger partial charge in [0.1, 0.15) is 0 Å². The van der Waals surface area contributed by atoms with Crippen molar-refractivity contribution in [1.82, 2.24) is 0 Å². The van der Waals surface area contributed by atoms with Gasteiger partial charge < -0.3 is 10.5 Å². The third-order valence-corrected chi connectivity index (χ3v) is 2.16. The Labute approximate surface area is 108 Å². The molecule has 0 unspecified atom stereocenters. The molecule has 0 aliphatic rings. The van der Waals surface area contributed by atoms with Gasteiger partial charge in [-0.25, -0.2) is 4.79 Å². The fraction of sp³-hybridized carbons (Fsp3) is 0.417. The van der Waals surface area contributed by atoms with Crippen molar-refractivity contribution in [3.8, 4) is 0 Å². The van der Waals surface area contributed by atoms with Crippen LogP contribution in [0.2, 0.25) is 0 Å². The van der Waals surface area contributed by atoms with Gasteiger partial charge in [-0.1, -0.05) is 13.8 Å². The molecule has 0 bridgehead atoms. The first-order chi connectivity index (χ1) is 8.70. The Balaban J connectivity index is 2.73. The van der Waals surface area contributed by atoms with Gasteiger partial charge in [0.2, 0.25) is 0 Å². The van der Waals surface area contributed by atoms with Gasteiger partial charge in [0.25, 0.3) is 0 Å². The summed E-state index contributed by atoms with van der Waals surface area (Å²) in [6, 6.07) is 2.70. The van der Waals surface area contributed by atoms with E-state index in [2.05, 4.69) is 5.32 Å². The van der Waals surface area contributed by atoms with E-state index >= 15 is 0 Å². The second kappa shape index (κ2) is 5.81. The monoisotopic (exact) mass is 276 g/mol. The molecule has 4 nitrogen and oxygen atoms in total. The van der Waals surface area contributed by atoms with Crippen LogP contribution in [0.25, 0.3) is 0 Å². The highest BCUT2D eigenvalue weighted by atomic mass is 19.4. The fourth-order valence-corrected chi connectivity index (χ4v) is 1.24. The first-order valence-electron chi connectivity index (χ1n) is 5.60. The van der Waals surface area contributed by atoms with Gasteiger partial charge >= 0.3 is 12.3 Å². The Morgan fingerprint density at radius 3 is 2.53 bits per heavy atom. The molecule has 0 aliphatic carbocycles. The minimum Gasteiger partial charge on any atom is -0.449 e. The summed E-state index contributed by atoms with van der Waals surface area (Å²) < 4.78 is 42.0. The van der Waals surface area contributed by atoms with Crippen molar-refractivity contribution < 1.29 is 22.7 Å². The summed E-state index contributed by atoms with van der Waals surface area (Å²) >= 11 is 0. The highest BCUT2D eigenvalue weighted by molar-refractivity contribution is 5.89. The van der Waals surface area contributed by atoms with Crippen LogP contribution in [0.1, 0.15) is 19.4 Å². The van der Waals surface area contributed by atoms with Gasteiger partial charge in [-0.3, -0.25) is 5.32 Å². The van der Waals surface area contributed by atoms with Crippen molar-refractivity contribution >= 4 is 17.5 Å². The molecule has 0 aromatic heterocycles. The molecule has 1 aromatic rings. The quantitative estimate of drug-likeness (QED) is 0.830. The second-order valence-electron chi connectivity index (χ2n) is 4.42. The number of carbonyl (C=O) groups excluding carboxylic acids is 1. The number of nitrogens with two attached hydrogens (primary N) is 1. The van der Waals surface area contributed by atoms with Crippen LogP contribution in [-0.2, 0) is 10.9 Å². The number of ether oxygens (including phenoxy) is 1. The topological polar surface area (TPSA) is 64.3 Å². The summed E-state index contributed by atoms with van der Waals surface area (Å²) in [4.78, 5) is 11.3. The number of rotatable bonds is 3. The lowest BCUT2D eigenvalue weighted by molar-refractivity contribution is -0.137. The molecule has 0 saturated carbocycles. The summed E-state index contributed by atoms with van der Waals surface area (Å²) in [6.07, 6.45) is -5.22. The predicted molar refractivity (Wildman–Crippen MR) is 65.7 cm³/mol. The Morgan fingerprint density at radius 2 is 2.05 bits per heavy atom. The van der Waals surface area contributed by atoms with Crippen LogP contribution in [-0.4, -0.2) is 12.7 Å². The van der Waals surface area contributed by atoms with Crippen molar-refractivity contribution in [1.29, 1.82) is 0 Å². The smallest absolute Gasteiger partial charge is 0.416 e. The number of halogens is 3. The predicted octanol–water partition coefficient (Wildman–Crippen LogP) is 3.49. The van der Waals surface area contributed by atoms with Crippen molar-refractivity contribution in [3.63, 3.8) is 0 Å². The minimum atomic E-state index is -4.47. The molecular formula is C12H15F3N2O2. The van der Waals surface area contributed by atoms with E-state index in [4.69, 9.17) is 10.5 Å². The number of anilines is 2. The van der Waals surface area contributed by atoms with E-state index in [1.807, 2.05) is 13.8 Å². The molecule has 7 heteroatoms. The molecule has 0 saturated heterocycles. The summed E-state index contributed by atoms with van der Waals surface area (Å²) in [5.74, 6) is 0.163. The summed E-state index contributed by atoms with van der Waals surface area (Å²) in [5, 5.41) is 2.29. The number of hydrogen-bond donors (Lipinski definition) is 2. The number of hydrogen-bond acceptors (Lipinski definition) is 3. The van der Waals surface area contributed by atoms with Crippen molar-refractivity contribution in [3.05, 3.63) is 23.8 Å². The number of nitrogen functional groups attached to an aromatic ring is 1. The van der Waals surface area contributed by atoms with Crippen LogP contribution in [0.4, 0.5) is 29.3 Å². The Hall–Kier alpha value is -1.92. The van der Waals surface area contributed by atoms with Crippen molar-refractivity contribution in [2.75, 3.05) is 17.7 Å². The molecule has 1 rings (SSSR count). The maximum absolute atomic E-state index is 12.4. The van der Waals surface area contributed by atoms with Crippen LogP contribution < -0.4 is 11.1 Å². The largest absolute Gasteiger partial charge is 0.449 e. The molecule has 0 aliphatic heterocycles. The Kier molecular flexibility index (Phi) is 4.63. The average Bonchev–Trinajstić information content (AvgIpc) is 2.27. The first-order valence-corrected chi connectivity index (χ1v) is 5.60. The number of amides is 1. The highest BCUT2D eigenvalue weighted by Gasteiger charge is 2.30. The lowest BCUT2D eigenvalue weighted by Crippen LogP contribution is -2.17. The normalized spacial score (nSPS) is 11.5. The van der Waals surface area contributed by atoms with E-state index in [1.54, 1.807) is 0 Å². The van der Waals surface area contributed by atoms with Crippen LogP contribution in [0.15, 0.2) is 18.2 Å².